The number of benzene rings is 2. The van der Waals surface area contributed by atoms with Crippen LogP contribution in [0.3, 0.4) is 0 Å². The van der Waals surface area contributed by atoms with Crippen molar-refractivity contribution in [1.29, 1.82) is 0 Å². The van der Waals surface area contributed by atoms with E-state index >= 15 is 0 Å². The fourth-order valence-corrected chi connectivity index (χ4v) is 4.11. The number of unbranched alkanes of at least 4 members (excludes halogenated alkanes) is 3. The lowest BCUT2D eigenvalue weighted by Gasteiger charge is -2.21. The Balaban J connectivity index is 1.33. The molecule has 0 spiro atoms. The van der Waals surface area contributed by atoms with Gasteiger partial charge in [-0.3, -0.25) is 0 Å². The summed E-state index contributed by atoms with van der Waals surface area (Å²) >= 11 is 0. The van der Waals surface area contributed by atoms with Gasteiger partial charge in [-0.15, -0.1) is 0 Å². The first-order chi connectivity index (χ1) is 14.8. The minimum absolute atomic E-state index is 0.804. The van der Waals surface area contributed by atoms with E-state index in [0.29, 0.717) is 0 Å². The third-order valence-electron chi connectivity index (χ3n) is 6.06. The van der Waals surface area contributed by atoms with Gasteiger partial charge in [0.25, 0.3) is 0 Å². The molecule has 30 heavy (non-hydrogen) atoms. The van der Waals surface area contributed by atoms with Crippen molar-refractivity contribution in [3.8, 4) is 11.5 Å². The molecule has 1 saturated carbocycles. The highest BCUT2D eigenvalue weighted by Crippen LogP contribution is 2.26. The van der Waals surface area contributed by atoms with E-state index in [1.54, 1.807) is 0 Å². The number of hydrogen-bond acceptors (Lipinski definition) is 3. The smallest absolute Gasteiger partial charge is 0.119 e. The van der Waals surface area contributed by atoms with Crippen LogP contribution in [-0.2, 0) is 6.54 Å². The predicted octanol–water partition coefficient (Wildman–Crippen LogP) is 7.61. The van der Waals surface area contributed by atoms with Crippen LogP contribution in [0.25, 0.3) is 0 Å². The zero-order chi connectivity index (χ0) is 20.9. The van der Waals surface area contributed by atoms with Gasteiger partial charge in [0.2, 0.25) is 0 Å². The summed E-state index contributed by atoms with van der Waals surface area (Å²) in [7, 11) is 0. The molecule has 1 fully saturated rings. The van der Waals surface area contributed by atoms with Crippen molar-refractivity contribution < 1.29 is 9.47 Å². The molecule has 0 aromatic heterocycles. The Kier molecular flexibility index (Phi) is 9.91. The van der Waals surface area contributed by atoms with E-state index in [9.17, 15) is 0 Å². The van der Waals surface area contributed by atoms with E-state index in [2.05, 4.69) is 60.8 Å². The highest BCUT2D eigenvalue weighted by Gasteiger charge is 2.13. The van der Waals surface area contributed by atoms with Crippen LogP contribution in [0.4, 0.5) is 5.69 Å². The minimum atomic E-state index is 0.804. The largest absolute Gasteiger partial charge is 0.494 e. The summed E-state index contributed by atoms with van der Waals surface area (Å²) in [6.45, 7) is 4.68. The highest BCUT2D eigenvalue weighted by molar-refractivity contribution is 5.47. The van der Waals surface area contributed by atoms with Crippen molar-refractivity contribution in [2.75, 3.05) is 18.5 Å². The summed E-state index contributed by atoms with van der Waals surface area (Å²) in [5, 5.41) is 3.49. The fourth-order valence-electron chi connectivity index (χ4n) is 4.11. The van der Waals surface area contributed by atoms with Gasteiger partial charge < -0.3 is 14.8 Å². The first-order valence-electron chi connectivity index (χ1n) is 12.0. The molecule has 0 saturated heterocycles. The number of rotatable bonds is 13. The molecule has 3 nitrogen and oxygen atoms in total. The van der Waals surface area contributed by atoms with Crippen molar-refractivity contribution >= 4 is 5.69 Å². The Morgan fingerprint density at radius 1 is 0.767 bits per heavy atom. The van der Waals surface area contributed by atoms with E-state index in [1.165, 1.54) is 63.4 Å². The average molecular weight is 410 g/mol. The van der Waals surface area contributed by atoms with Crippen LogP contribution in [0.1, 0.15) is 76.7 Å². The van der Waals surface area contributed by atoms with Crippen LogP contribution in [0.2, 0.25) is 0 Å². The molecule has 0 heterocycles. The van der Waals surface area contributed by atoms with Crippen molar-refractivity contribution in [2.24, 2.45) is 5.92 Å². The molecule has 1 aliphatic carbocycles. The molecule has 3 heteroatoms. The molecule has 0 radical (unpaired) electrons. The van der Waals surface area contributed by atoms with Crippen LogP contribution >= 0.6 is 0 Å². The second-order valence-electron chi connectivity index (χ2n) is 8.57. The first-order valence-corrected chi connectivity index (χ1v) is 12.0. The molecule has 1 aliphatic rings. The van der Waals surface area contributed by atoms with Gasteiger partial charge in [0.1, 0.15) is 11.5 Å². The Labute approximate surface area is 183 Å². The van der Waals surface area contributed by atoms with Gasteiger partial charge in [0.15, 0.2) is 0 Å². The monoisotopic (exact) mass is 409 g/mol. The molecule has 3 rings (SSSR count). The lowest BCUT2D eigenvalue weighted by atomic mass is 9.87. The van der Waals surface area contributed by atoms with Crippen LogP contribution in [-0.4, -0.2) is 13.2 Å². The highest BCUT2D eigenvalue weighted by atomic mass is 16.5. The van der Waals surface area contributed by atoms with E-state index in [0.717, 1.165) is 49.3 Å². The maximum absolute atomic E-state index is 5.95. The average Bonchev–Trinajstić information content (AvgIpc) is 2.80. The van der Waals surface area contributed by atoms with Crippen molar-refractivity contribution in [3.63, 3.8) is 0 Å². The molecule has 2 aromatic carbocycles. The van der Waals surface area contributed by atoms with E-state index in [1.807, 2.05) is 0 Å². The second-order valence-corrected chi connectivity index (χ2v) is 8.57. The van der Waals surface area contributed by atoms with Gasteiger partial charge in [0.05, 0.1) is 13.2 Å². The fraction of sp³-hybridized carbons (Fsp3) is 0.556. The van der Waals surface area contributed by atoms with Crippen molar-refractivity contribution in [1.82, 2.24) is 0 Å². The summed E-state index contributed by atoms with van der Waals surface area (Å²) in [5.41, 5.74) is 2.37. The lowest BCUT2D eigenvalue weighted by molar-refractivity contribution is 0.246. The quantitative estimate of drug-likeness (QED) is 0.345. The molecular formula is C27H39NO2. The SMILES string of the molecule is CCCCCCOc1ccc(CNc2ccc(OCCC3CCCCC3)cc2)cc1. The van der Waals surface area contributed by atoms with Crippen LogP contribution in [0, 0.1) is 5.92 Å². The summed E-state index contributed by atoms with van der Waals surface area (Å²) in [5.74, 6) is 2.80. The summed E-state index contributed by atoms with van der Waals surface area (Å²) in [4.78, 5) is 0. The van der Waals surface area contributed by atoms with E-state index < -0.39 is 0 Å². The maximum atomic E-state index is 5.95. The summed E-state index contributed by atoms with van der Waals surface area (Å²) < 4.78 is 11.8. The Hall–Kier alpha value is -2.16. The van der Waals surface area contributed by atoms with E-state index in [4.69, 9.17) is 9.47 Å². The third-order valence-corrected chi connectivity index (χ3v) is 6.06. The topological polar surface area (TPSA) is 30.5 Å². The second kappa shape index (κ2) is 13.2. The summed E-state index contributed by atoms with van der Waals surface area (Å²) in [6, 6.07) is 16.7. The Morgan fingerprint density at radius 2 is 1.43 bits per heavy atom. The first kappa shape index (κ1) is 22.5. The van der Waals surface area contributed by atoms with Crippen molar-refractivity contribution in [2.45, 2.75) is 77.7 Å². The predicted molar refractivity (Wildman–Crippen MR) is 127 cm³/mol. The minimum Gasteiger partial charge on any atom is -0.494 e. The molecule has 0 aliphatic heterocycles. The van der Waals surface area contributed by atoms with Gasteiger partial charge in [-0.25, -0.2) is 0 Å². The third kappa shape index (κ3) is 8.30. The molecule has 0 unspecified atom stereocenters. The van der Waals surface area contributed by atoms with Crippen LogP contribution in [0.15, 0.2) is 48.5 Å². The molecular weight excluding hydrogens is 370 g/mol. The molecule has 0 amide bonds. The maximum Gasteiger partial charge on any atom is 0.119 e. The molecule has 0 bridgehead atoms. The van der Waals surface area contributed by atoms with Gasteiger partial charge in [-0.1, -0.05) is 70.4 Å². The number of hydrogen-bond donors (Lipinski definition) is 1. The zero-order valence-corrected chi connectivity index (χ0v) is 18.7. The lowest BCUT2D eigenvalue weighted by Crippen LogP contribution is -2.10. The molecule has 0 atom stereocenters. The standard InChI is InChI=1S/C27H39NO2/c1-2-3-4-8-20-29-26-15-11-24(12-16-26)22-28-25-13-17-27(18-14-25)30-21-19-23-9-6-5-7-10-23/h11-18,23,28H,2-10,19-22H2,1H3. The van der Waals surface area contributed by atoms with Gasteiger partial charge in [-0.2, -0.15) is 0 Å². The Bertz CT molecular complexity index is 690. The Morgan fingerprint density at radius 3 is 2.13 bits per heavy atom. The van der Waals surface area contributed by atoms with Gasteiger partial charge in [0, 0.05) is 12.2 Å². The van der Waals surface area contributed by atoms with Crippen molar-refractivity contribution in [3.05, 3.63) is 54.1 Å². The van der Waals surface area contributed by atoms with Gasteiger partial charge >= 0.3 is 0 Å². The molecule has 164 valence electrons. The summed E-state index contributed by atoms with van der Waals surface area (Å²) in [6.07, 6.45) is 13.1. The molecule has 2 aromatic rings. The number of ether oxygens (including phenoxy) is 2. The zero-order valence-electron chi connectivity index (χ0n) is 18.7. The van der Waals surface area contributed by atoms with Crippen LogP contribution in [0.5, 0.6) is 11.5 Å². The molecule has 1 N–H and O–H groups in total. The number of nitrogens with one attached hydrogen (secondary N) is 1. The van der Waals surface area contributed by atoms with Crippen LogP contribution < -0.4 is 14.8 Å². The normalized spacial score (nSPS) is 14.4. The van der Waals surface area contributed by atoms with E-state index in [-0.39, 0.29) is 0 Å². The van der Waals surface area contributed by atoms with Gasteiger partial charge in [-0.05, 0) is 60.7 Å². The number of anilines is 1.